The Balaban J connectivity index is 1.63. The standard InChI is InChI=1S/C16H18N2O5S/c19-15-11-18(24(21,22)17-15)10-12-6-8-14(9-7-12)23-16(20)13-4-2-1-3-5-13/h1-9,15,17,19,21-22H,10-11H2. The zero-order chi connectivity index (χ0) is 17.2. The van der Waals surface area contributed by atoms with E-state index < -0.39 is 23.2 Å². The minimum atomic E-state index is -3.15. The number of esters is 1. The summed E-state index contributed by atoms with van der Waals surface area (Å²) in [6.45, 7) is 0.367. The molecule has 1 unspecified atom stereocenters. The van der Waals surface area contributed by atoms with Crippen LogP contribution in [0.15, 0.2) is 54.6 Å². The number of carbonyl (C=O) groups is 1. The van der Waals surface area contributed by atoms with Crippen LogP contribution in [0.3, 0.4) is 0 Å². The Morgan fingerprint density at radius 2 is 1.83 bits per heavy atom. The van der Waals surface area contributed by atoms with Crippen molar-refractivity contribution in [2.75, 3.05) is 6.54 Å². The maximum Gasteiger partial charge on any atom is 0.343 e. The van der Waals surface area contributed by atoms with E-state index in [0.29, 0.717) is 11.3 Å². The Bertz CT molecular complexity index is 708. The first-order valence-electron chi connectivity index (χ1n) is 7.29. The molecule has 1 saturated heterocycles. The fourth-order valence-corrected chi connectivity index (χ4v) is 3.62. The monoisotopic (exact) mass is 350 g/mol. The number of aliphatic hydroxyl groups is 1. The van der Waals surface area contributed by atoms with E-state index in [1.54, 1.807) is 48.5 Å². The van der Waals surface area contributed by atoms with Gasteiger partial charge in [0.25, 0.3) is 0 Å². The number of hydrogen-bond acceptors (Lipinski definition) is 7. The molecular formula is C16H18N2O5S. The highest BCUT2D eigenvalue weighted by Gasteiger charge is 2.34. The third-order valence-electron chi connectivity index (χ3n) is 3.53. The molecule has 0 saturated carbocycles. The lowest BCUT2D eigenvalue weighted by Crippen LogP contribution is -2.25. The highest BCUT2D eigenvalue weighted by atomic mass is 32.3. The van der Waals surface area contributed by atoms with Crippen LogP contribution in [0, 0.1) is 0 Å². The molecule has 2 aromatic rings. The fraction of sp³-hybridized carbons (Fsp3) is 0.188. The molecule has 1 heterocycles. The fourth-order valence-electron chi connectivity index (χ4n) is 2.35. The zero-order valence-corrected chi connectivity index (χ0v) is 13.5. The molecule has 0 spiro atoms. The molecule has 24 heavy (non-hydrogen) atoms. The lowest BCUT2D eigenvalue weighted by atomic mass is 10.2. The summed E-state index contributed by atoms with van der Waals surface area (Å²) in [5.41, 5.74) is 1.26. The summed E-state index contributed by atoms with van der Waals surface area (Å²) in [6.07, 6.45) is -0.971. The van der Waals surface area contributed by atoms with Gasteiger partial charge in [-0.25, -0.2) is 4.79 Å². The number of aliphatic hydroxyl groups excluding tert-OH is 1. The van der Waals surface area contributed by atoms with Crippen molar-refractivity contribution in [1.82, 2.24) is 9.03 Å². The smallest absolute Gasteiger partial charge is 0.343 e. The van der Waals surface area contributed by atoms with Crippen LogP contribution in [0.4, 0.5) is 0 Å². The highest BCUT2D eigenvalue weighted by molar-refractivity contribution is 8.20. The largest absolute Gasteiger partial charge is 0.423 e. The number of hydrogen-bond donors (Lipinski definition) is 4. The van der Waals surface area contributed by atoms with Gasteiger partial charge in [0, 0.05) is 6.54 Å². The molecule has 2 aromatic carbocycles. The molecular weight excluding hydrogens is 332 g/mol. The molecule has 1 atom stereocenters. The van der Waals surface area contributed by atoms with Crippen LogP contribution in [0.2, 0.25) is 0 Å². The molecule has 7 nitrogen and oxygen atoms in total. The van der Waals surface area contributed by atoms with Crippen LogP contribution in [-0.2, 0) is 6.54 Å². The summed E-state index contributed by atoms with van der Waals surface area (Å²) in [5, 5.41) is 9.46. The first kappa shape index (κ1) is 16.9. The van der Waals surface area contributed by atoms with E-state index in [4.69, 9.17) is 4.74 Å². The second-order valence-electron chi connectivity index (χ2n) is 5.37. The van der Waals surface area contributed by atoms with Crippen molar-refractivity contribution in [3.63, 3.8) is 0 Å². The van der Waals surface area contributed by atoms with Gasteiger partial charge in [0.1, 0.15) is 12.0 Å². The maximum absolute atomic E-state index is 12.0. The molecule has 4 N–H and O–H groups in total. The van der Waals surface area contributed by atoms with Crippen molar-refractivity contribution in [3.8, 4) is 5.75 Å². The average molecular weight is 350 g/mol. The SMILES string of the molecule is O=C(Oc1ccc(CN2CC(O)NS2(O)O)cc1)c1ccccc1. The minimum Gasteiger partial charge on any atom is -0.423 e. The van der Waals surface area contributed by atoms with E-state index in [1.807, 2.05) is 6.07 Å². The van der Waals surface area contributed by atoms with Gasteiger partial charge in [0.2, 0.25) is 0 Å². The van der Waals surface area contributed by atoms with Crippen LogP contribution in [-0.4, -0.2) is 37.3 Å². The molecule has 1 fully saturated rings. The predicted octanol–water partition coefficient (Wildman–Crippen LogP) is 2.21. The van der Waals surface area contributed by atoms with Crippen molar-refractivity contribution in [2.45, 2.75) is 12.8 Å². The number of ether oxygens (including phenoxy) is 1. The summed E-state index contributed by atoms with van der Waals surface area (Å²) >= 11 is 0. The Morgan fingerprint density at radius 1 is 1.17 bits per heavy atom. The van der Waals surface area contributed by atoms with Gasteiger partial charge in [-0.05, 0) is 29.8 Å². The van der Waals surface area contributed by atoms with Crippen LogP contribution < -0.4 is 9.46 Å². The van der Waals surface area contributed by atoms with Crippen molar-refractivity contribution in [2.24, 2.45) is 0 Å². The maximum atomic E-state index is 12.0. The lowest BCUT2D eigenvalue weighted by molar-refractivity contribution is 0.0734. The first-order chi connectivity index (χ1) is 11.4. The summed E-state index contributed by atoms with van der Waals surface area (Å²) in [5.74, 6) is -0.0387. The van der Waals surface area contributed by atoms with E-state index in [9.17, 15) is 19.0 Å². The zero-order valence-electron chi connectivity index (χ0n) is 12.7. The second kappa shape index (κ2) is 6.89. The Hall–Kier alpha value is -1.94. The molecule has 0 radical (unpaired) electrons. The third-order valence-corrected chi connectivity index (χ3v) is 5.12. The topological polar surface area (TPSA) is 102 Å². The van der Waals surface area contributed by atoms with E-state index in [-0.39, 0.29) is 13.1 Å². The van der Waals surface area contributed by atoms with Gasteiger partial charge in [0.05, 0.1) is 12.1 Å². The summed E-state index contributed by atoms with van der Waals surface area (Å²) in [7, 11) is -3.15. The van der Waals surface area contributed by atoms with Crippen LogP contribution in [0.5, 0.6) is 5.75 Å². The Morgan fingerprint density at radius 3 is 2.42 bits per heavy atom. The summed E-state index contributed by atoms with van der Waals surface area (Å²) in [6, 6.07) is 15.4. The number of benzene rings is 2. The van der Waals surface area contributed by atoms with Crippen LogP contribution in [0.25, 0.3) is 0 Å². The molecule has 3 rings (SSSR count). The molecule has 0 aromatic heterocycles. The molecule has 8 heteroatoms. The summed E-state index contributed by atoms with van der Waals surface area (Å²) < 4.78 is 28.6. The highest BCUT2D eigenvalue weighted by Crippen LogP contribution is 2.44. The Kier molecular flexibility index (Phi) is 4.86. The molecule has 0 bridgehead atoms. The van der Waals surface area contributed by atoms with E-state index in [1.165, 1.54) is 4.31 Å². The van der Waals surface area contributed by atoms with Crippen molar-refractivity contribution in [3.05, 3.63) is 65.7 Å². The van der Waals surface area contributed by atoms with E-state index in [0.717, 1.165) is 5.56 Å². The van der Waals surface area contributed by atoms with Crippen molar-refractivity contribution in [1.29, 1.82) is 0 Å². The number of β-amino-alcohol motifs (C(OH)–C–C–N with tert-alkyl or cyclic N) is 1. The summed E-state index contributed by atoms with van der Waals surface area (Å²) in [4.78, 5) is 12.0. The third kappa shape index (κ3) is 3.93. The van der Waals surface area contributed by atoms with Crippen molar-refractivity contribution >= 4 is 16.9 Å². The van der Waals surface area contributed by atoms with Gasteiger partial charge in [-0.1, -0.05) is 41.3 Å². The Labute approximate surface area is 141 Å². The molecule has 1 aliphatic rings. The lowest BCUT2D eigenvalue weighted by Gasteiger charge is -2.35. The second-order valence-corrected chi connectivity index (χ2v) is 7.16. The number of rotatable bonds is 4. The van der Waals surface area contributed by atoms with E-state index in [2.05, 4.69) is 4.72 Å². The van der Waals surface area contributed by atoms with Gasteiger partial charge in [-0.3, -0.25) is 9.11 Å². The molecule has 0 amide bonds. The normalized spacial score (nSPS) is 21.4. The van der Waals surface area contributed by atoms with Gasteiger partial charge in [0.15, 0.2) is 0 Å². The number of carbonyl (C=O) groups excluding carboxylic acids is 1. The van der Waals surface area contributed by atoms with E-state index >= 15 is 0 Å². The molecule has 128 valence electrons. The van der Waals surface area contributed by atoms with Gasteiger partial charge >= 0.3 is 5.97 Å². The number of nitrogens with zero attached hydrogens (tertiary/aromatic N) is 1. The molecule has 1 aliphatic heterocycles. The van der Waals surface area contributed by atoms with Gasteiger partial charge in [-0.2, -0.15) is 9.03 Å². The quantitative estimate of drug-likeness (QED) is 0.495. The molecule has 0 aliphatic carbocycles. The predicted molar refractivity (Wildman–Crippen MR) is 90.2 cm³/mol. The van der Waals surface area contributed by atoms with Gasteiger partial charge < -0.3 is 9.84 Å². The van der Waals surface area contributed by atoms with Crippen LogP contribution in [0.1, 0.15) is 15.9 Å². The average Bonchev–Trinajstić information content (AvgIpc) is 2.82. The van der Waals surface area contributed by atoms with Gasteiger partial charge in [-0.15, -0.1) is 0 Å². The van der Waals surface area contributed by atoms with Crippen molar-refractivity contribution < 1.29 is 23.7 Å². The van der Waals surface area contributed by atoms with Crippen LogP contribution >= 0.6 is 11.0 Å². The first-order valence-corrected chi connectivity index (χ1v) is 8.79. The number of nitrogens with one attached hydrogen (secondary N) is 1. The minimum absolute atomic E-state index is 0.118.